The Morgan fingerprint density at radius 3 is 2.84 bits per heavy atom. The second-order valence-electron chi connectivity index (χ2n) is 7.78. The second kappa shape index (κ2) is 10.2. The number of hydrogen-bond donors (Lipinski definition) is 2. The molecular weight excluding hydrogens is 401 g/mol. The number of aliphatic hydroxyl groups excluding tert-OH is 1. The highest BCUT2D eigenvalue weighted by Gasteiger charge is 2.27. The van der Waals surface area contributed by atoms with E-state index in [0.29, 0.717) is 30.8 Å². The van der Waals surface area contributed by atoms with Gasteiger partial charge < -0.3 is 10.4 Å². The van der Waals surface area contributed by atoms with Crippen LogP contribution in [0.1, 0.15) is 28.3 Å². The second-order valence-corrected chi connectivity index (χ2v) is 7.78. The average molecular weight is 428 g/mol. The van der Waals surface area contributed by atoms with Gasteiger partial charge in [-0.1, -0.05) is 66.8 Å². The molecule has 1 heterocycles. The van der Waals surface area contributed by atoms with E-state index in [9.17, 15) is 9.50 Å². The van der Waals surface area contributed by atoms with Gasteiger partial charge in [0.05, 0.1) is 5.69 Å². The van der Waals surface area contributed by atoms with Crippen LogP contribution < -0.4 is 5.32 Å². The molecule has 2 N–H and O–H groups in total. The molecule has 3 aromatic rings. The van der Waals surface area contributed by atoms with E-state index in [0.717, 1.165) is 28.1 Å². The highest BCUT2D eigenvalue weighted by atomic mass is 19.1. The Balaban J connectivity index is 1.64. The normalized spacial score (nSPS) is 16.8. The summed E-state index contributed by atoms with van der Waals surface area (Å²) in [6, 6.07) is 14.8. The lowest BCUT2D eigenvalue weighted by Gasteiger charge is -2.28. The molecule has 1 aliphatic rings. The minimum atomic E-state index is -0.193. The Kier molecular flexibility index (Phi) is 6.87. The summed E-state index contributed by atoms with van der Waals surface area (Å²) in [5.74, 6) is 0.271. The predicted molar refractivity (Wildman–Crippen MR) is 127 cm³/mol. The molecule has 0 bridgehead atoms. The summed E-state index contributed by atoms with van der Waals surface area (Å²) < 4.78 is 14.6. The first kappa shape index (κ1) is 21.7. The van der Waals surface area contributed by atoms with Crippen LogP contribution in [-0.4, -0.2) is 21.7 Å². The van der Waals surface area contributed by atoms with Gasteiger partial charge in [0.15, 0.2) is 0 Å². The fourth-order valence-corrected chi connectivity index (χ4v) is 4.06. The number of anilines is 2. The van der Waals surface area contributed by atoms with E-state index in [1.807, 2.05) is 60.8 Å². The number of nitrogens with one attached hydrogen (secondary N) is 1. The largest absolute Gasteiger partial charge is 0.396 e. The molecule has 0 saturated carbocycles. The fraction of sp³-hybridized carbons (Fsp3) is 0.185. The van der Waals surface area contributed by atoms with Crippen LogP contribution in [0.5, 0.6) is 0 Å². The lowest BCUT2D eigenvalue weighted by Crippen LogP contribution is -2.19. The van der Waals surface area contributed by atoms with E-state index < -0.39 is 0 Å². The van der Waals surface area contributed by atoms with Crippen molar-refractivity contribution in [1.82, 2.24) is 9.97 Å². The van der Waals surface area contributed by atoms with Crippen LogP contribution in [0, 0.1) is 5.82 Å². The summed E-state index contributed by atoms with van der Waals surface area (Å²) >= 11 is 0. The number of halogens is 1. The minimum absolute atomic E-state index is 0.0595. The zero-order valence-corrected chi connectivity index (χ0v) is 17.8. The molecule has 4 nitrogen and oxygen atoms in total. The fourth-order valence-electron chi connectivity index (χ4n) is 4.06. The van der Waals surface area contributed by atoms with Crippen LogP contribution >= 0.6 is 0 Å². The lowest BCUT2D eigenvalue weighted by atomic mass is 9.78. The maximum absolute atomic E-state index is 14.6. The minimum Gasteiger partial charge on any atom is -0.396 e. The van der Waals surface area contributed by atoms with Crippen molar-refractivity contribution in [3.05, 3.63) is 119 Å². The van der Waals surface area contributed by atoms with Crippen molar-refractivity contribution in [3.63, 3.8) is 0 Å². The van der Waals surface area contributed by atoms with Gasteiger partial charge in [-0.3, -0.25) is 0 Å². The molecule has 0 spiro atoms. The number of nitrogens with zero attached hydrogens (tertiary/aromatic N) is 2. The molecule has 0 radical (unpaired) electrons. The molecule has 0 saturated heterocycles. The van der Waals surface area contributed by atoms with E-state index in [2.05, 4.69) is 16.9 Å². The molecule has 0 amide bonds. The van der Waals surface area contributed by atoms with Crippen LogP contribution in [0.4, 0.5) is 16.0 Å². The molecule has 1 atom stereocenters. The monoisotopic (exact) mass is 427 g/mol. The summed E-state index contributed by atoms with van der Waals surface area (Å²) in [6.07, 6.45) is 11.3. The van der Waals surface area contributed by atoms with Crippen molar-refractivity contribution in [2.24, 2.45) is 0 Å². The summed E-state index contributed by atoms with van der Waals surface area (Å²) in [5.41, 5.74) is 5.69. The van der Waals surface area contributed by atoms with Crippen LogP contribution in [0.25, 0.3) is 0 Å². The maximum atomic E-state index is 14.6. The van der Waals surface area contributed by atoms with Crippen molar-refractivity contribution in [1.29, 1.82) is 0 Å². The zero-order valence-electron chi connectivity index (χ0n) is 17.8. The van der Waals surface area contributed by atoms with Gasteiger partial charge in [-0.25, -0.2) is 14.4 Å². The molecule has 1 unspecified atom stereocenters. The first-order valence-electron chi connectivity index (χ1n) is 10.7. The first-order valence-corrected chi connectivity index (χ1v) is 10.7. The SMILES string of the molecule is C=C/C=C\C=C1/Cc2nc(Nc3cccc(CCO)c3)ncc2CC1c1ccccc1F. The number of allylic oxidation sites excluding steroid dienone is 5. The number of fused-ring (bicyclic) bond motifs is 1. The van der Waals surface area contributed by atoms with E-state index in [4.69, 9.17) is 4.98 Å². The van der Waals surface area contributed by atoms with Crippen LogP contribution in [0.2, 0.25) is 0 Å². The third-order valence-corrected chi connectivity index (χ3v) is 5.62. The summed E-state index contributed by atoms with van der Waals surface area (Å²) in [4.78, 5) is 9.26. The number of aliphatic hydroxyl groups is 1. The molecule has 1 aliphatic carbocycles. The van der Waals surface area contributed by atoms with E-state index >= 15 is 0 Å². The van der Waals surface area contributed by atoms with E-state index in [1.54, 1.807) is 12.1 Å². The van der Waals surface area contributed by atoms with Gasteiger partial charge in [0, 0.05) is 30.8 Å². The highest BCUT2D eigenvalue weighted by Crippen LogP contribution is 2.37. The molecule has 32 heavy (non-hydrogen) atoms. The number of hydrogen-bond acceptors (Lipinski definition) is 4. The third-order valence-electron chi connectivity index (χ3n) is 5.62. The molecule has 1 aromatic heterocycles. The molecule has 2 aromatic carbocycles. The Labute approximate surface area is 187 Å². The van der Waals surface area contributed by atoms with Gasteiger partial charge in [0.2, 0.25) is 5.95 Å². The van der Waals surface area contributed by atoms with Crippen LogP contribution in [0.15, 0.2) is 91.2 Å². The average Bonchev–Trinajstić information content (AvgIpc) is 2.80. The Morgan fingerprint density at radius 1 is 1.16 bits per heavy atom. The van der Waals surface area contributed by atoms with Crippen LogP contribution in [0.3, 0.4) is 0 Å². The van der Waals surface area contributed by atoms with Gasteiger partial charge in [0.25, 0.3) is 0 Å². The Bertz CT molecular complexity index is 1170. The number of rotatable bonds is 7. The molecule has 0 aliphatic heterocycles. The quantitative estimate of drug-likeness (QED) is 0.493. The molecule has 4 rings (SSSR count). The molecule has 162 valence electrons. The van der Waals surface area contributed by atoms with Crippen molar-refractivity contribution in [2.75, 3.05) is 11.9 Å². The van der Waals surface area contributed by atoms with Crippen molar-refractivity contribution >= 4 is 11.6 Å². The van der Waals surface area contributed by atoms with Gasteiger partial charge in [0.1, 0.15) is 5.82 Å². The lowest BCUT2D eigenvalue weighted by molar-refractivity contribution is 0.299. The number of benzene rings is 2. The number of aromatic nitrogens is 2. The van der Waals surface area contributed by atoms with Gasteiger partial charge in [-0.2, -0.15) is 0 Å². The molecule has 5 heteroatoms. The van der Waals surface area contributed by atoms with Crippen molar-refractivity contribution < 1.29 is 9.50 Å². The first-order chi connectivity index (χ1) is 15.7. The standard InChI is InChI=1S/C27H26FN3O/c1-2-3-4-9-20-17-26-21(16-24(20)23-11-5-6-12-25(23)28)18-29-27(31-26)30-22-10-7-8-19(15-22)13-14-32/h2-12,15,18,24,32H,1,13-14,16-17H2,(H,29,30,31)/b4-3-,20-9+. The highest BCUT2D eigenvalue weighted by molar-refractivity contribution is 5.55. The maximum Gasteiger partial charge on any atom is 0.227 e. The van der Waals surface area contributed by atoms with E-state index in [1.165, 1.54) is 6.07 Å². The molecular formula is C27H26FN3O. The van der Waals surface area contributed by atoms with Gasteiger partial charge >= 0.3 is 0 Å². The smallest absolute Gasteiger partial charge is 0.227 e. The van der Waals surface area contributed by atoms with E-state index in [-0.39, 0.29) is 18.3 Å². The molecule has 0 fully saturated rings. The Hall–Kier alpha value is -3.57. The van der Waals surface area contributed by atoms with Crippen molar-refractivity contribution in [2.45, 2.75) is 25.2 Å². The predicted octanol–water partition coefficient (Wildman–Crippen LogP) is 5.45. The summed E-state index contributed by atoms with van der Waals surface area (Å²) in [7, 11) is 0. The zero-order chi connectivity index (χ0) is 22.3. The van der Waals surface area contributed by atoms with Crippen LogP contribution in [-0.2, 0) is 19.3 Å². The Morgan fingerprint density at radius 2 is 2.03 bits per heavy atom. The van der Waals surface area contributed by atoms with Gasteiger partial charge in [-0.05, 0) is 47.7 Å². The van der Waals surface area contributed by atoms with Crippen molar-refractivity contribution in [3.8, 4) is 0 Å². The third kappa shape index (κ3) is 5.01. The topological polar surface area (TPSA) is 58.0 Å². The van der Waals surface area contributed by atoms with Gasteiger partial charge in [-0.15, -0.1) is 0 Å². The summed E-state index contributed by atoms with van der Waals surface area (Å²) in [5, 5.41) is 12.4. The summed E-state index contributed by atoms with van der Waals surface area (Å²) in [6.45, 7) is 3.83.